The number of rotatable bonds is 12. The minimum Gasteiger partial charge on any atom is -0.491 e. The predicted octanol–water partition coefficient (Wildman–Crippen LogP) is 4.56. The third kappa shape index (κ3) is 6.66. The van der Waals surface area contributed by atoms with E-state index in [-0.39, 0.29) is 23.8 Å². The number of carboxylic acids is 1. The van der Waals surface area contributed by atoms with Gasteiger partial charge in [-0.1, -0.05) is 19.1 Å². The van der Waals surface area contributed by atoms with E-state index < -0.39 is 11.8 Å². The van der Waals surface area contributed by atoms with E-state index in [0.717, 1.165) is 18.7 Å². The fourth-order valence-corrected chi connectivity index (χ4v) is 5.10. The van der Waals surface area contributed by atoms with Crippen LogP contribution < -0.4 is 14.4 Å². The summed E-state index contributed by atoms with van der Waals surface area (Å²) in [6.45, 7) is 5.23. The average molecular weight is 614 g/mol. The van der Waals surface area contributed by atoms with Gasteiger partial charge in [0, 0.05) is 24.8 Å². The molecule has 0 saturated carbocycles. The van der Waals surface area contributed by atoms with Crippen LogP contribution in [0.1, 0.15) is 47.1 Å². The van der Waals surface area contributed by atoms with Crippen LogP contribution in [-0.4, -0.2) is 69.4 Å². The number of nitriles is 1. The molecule has 0 bridgehead atoms. The normalized spacial score (nSPS) is 16.0. The van der Waals surface area contributed by atoms with Crippen molar-refractivity contribution in [1.29, 1.82) is 5.26 Å². The van der Waals surface area contributed by atoms with Crippen molar-refractivity contribution in [2.45, 2.75) is 45.6 Å². The Morgan fingerprint density at radius 2 is 2.04 bits per heavy atom. The highest BCUT2D eigenvalue weighted by molar-refractivity contribution is 5.95. The smallest absolute Gasteiger partial charge is 0.335 e. The third-order valence-corrected chi connectivity index (χ3v) is 7.62. The van der Waals surface area contributed by atoms with Gasteiger partial charge in [-0.25, -0.2) is 14.2 Å². The van der Waals surface area contributed by atoms with Crippen molar-refractivity contribution < 1.29 is 28.5 Å². The van der Waals surface area contributed by atoms with E-state index in [1.54, 1.807) is 24.5 Å². The monoisotopic (exact) mass is 613 g/mol. The number of halogens is 1. The number of imidazole rings is 1. The van der Waals surface area contributed by atoms with Crippen LogP contribution in [0.2, 0.25) is 0 Å². The van der Waals surface area contributed by atoms with Crippen molar-refractivity contribution >= 4 is 29.2 Å². The number of hydrogen-bond donors (Lipinski definition) is 1. The molecule has 4 aromatic rings. The van der Waals surface area contributed by atoms with Gasteiger partial charge >= 0.3 is 5.97 Å². The Bertz CT molecular complexity index is 1780. The van der Waals surface area contributed by atoms with Crippen molar-refractivity contribution in [2.24, 2.45) is 5.10 Å². The van der Waals surface area contributed by atoms with E-state index in [1.165, 1.54) is 18.2 Å². The number of benzene rings is 2. The molecule has 232 valence electrons. The first-order valence-corrected chi connectivity index (χ1v) is 14.8. The van der Waals surface area contributed by atoms with E-state index >= 15 is 0 Å². The van der Waals surface area contributed by atoms with Gasteiger partial charge in [0.2, 0.25) is 5.88 Å². The molecule has 2 aromatic carbocycles. The second kappa shape index (κ2) is 13.2. The molecule has 12 nitrogen and oxygen atoms in total. The first kappa shape index (κ1) is 29.8. The fraction of sp³-hybridized carbons (Fsp3) is 0.344. The van der Waals surface area contributed by atoms with Gasteiger partial charge in [0.1, 0.15) is 41.7 Å². The van der Waals surface area contributed by atoms with Gasteiger partial charge in [0.05, 0.1) is 55.1 Å². The lowest BCUT2D eigenvalue weighted by atomic mass is 10.1. The molecule has 6 rings (SSSR count). The van der Waals surface area contributed by atoms with E-state index in [2.05, 4.69) is 10.1 Å². The Morgan fingerprint density at radius 1 is 1.18 bits per heavy atom. The maximum absolute atomic E-state index is 14.3. The van der Waals surface area contributed by atoms with Crippen molar-refractivity contribution in [3.63, 3.8) is 0 Å². The Morgan fingerprint density at radius 3 is 2.73 bits per heavy atom. The van der Waals surface area contributed by atoms with Crippen molar-refractivity contribution in [3.8, 4) is 17.7 Å². The largest absolute Gasteiger partial charge is 0.491 e. The molecule has 2 aromatic heterocycles. The molecule has 1 fully saturated rings. The SMILES string of the molecule is CCCOc1cc(C(=O)O)cc2c1nc(CN1CCN(c3cccc(OCc4ccc(C#N)cc4F)n3)C=N1)n2C[C@@H]1CCO1. The van der Waals surface area contributed by atoms with Crippen LogP contribution in [0.15, 0.2) is 53.6 Å². The predicted molar refractivity (Wildman–Crippen MR) is 163 cm³/mol. The number of carboxylic acid groups (broad SMARTS) is 1. The van der Waals surface area contributed by atoms with Gasteiger partial charge in [-0.05, 0) is 43.2 Å². The molecule has 1 atom stereocenters. The van der Waals surface area contributed by atoms with E-state index in [0.29, 0.717) is 73.4 Å². The van der Waals surface area contributed by atoms with Crippen LogP contribution >= 0.6 is 0 Å². The Balaban J connectivity index is 1.18. The number of aromatic carboxylic acids is 1. The van der Waals surface area contributed by atoms with E-state index in [4.69, 9.17) is 24.5 Å². The lowest BCUT2D eigenvalue weighted by Crippen LogP contribution is -2.38. The number of nitrogens with zero attached hydrogens (tertiary/aromatic N) is 7. The van der Waals surface area contributed by atoms with Crippen LogP contribution in [-0.2, 0) is 24.4 Å². The molecule has 45 heavy (non-hydrogen) atoms. The van der Waals surface area contributed by atoms with Crippen LogP contribution in [0.25, 0.3) is 11.0 Å². The number of hydrogen-bond acceptors (Lipinski definition) is 10. The maximum Gasteiger partial charge on any atom is 0.335 e. The van der Waals surface area contributed by atoms with Crippen LogP contribution in [0.3, 0.4) is 0 Å². The Hall–Kier alpha value is -5.22. The summed E-state index contributed by atoms with van der Waals surface area (Å²) in [6, 6.07) is 14.7. The summed E-state index contributed by atoms with van der Waals surface area (Å²) in [5.74, 6) is 0.612. The number of aromatic nitrogens is 3. The summed E-state index contributed by atoms with van der Waals surface area (Å²) >= 11 is 0. The summed E-state index contributed by atoms with van der Waals surface area (Å²) in [5, 5.41) is 25.2. The highest BCUT2D eigenvalue weighted by Crippen LogP contribution is 2.31. The molecule has 4 heterocycles. The fourth-order valence-electron chi connectivity index (χ4n) is 5.10. The van der Waals surface area contributed by atoms with Gasteiger partial charge in [-0.2, -0.15) is 15.3 Å². The number of pyridine rings is 1. The van der Waals surface area contributed by atoms with Crippen LogP contribution in [0.4, 0.5) is 10.2 Å². The zero-order valence-electron chi connectivity index (χ0n) is 24.7. The number of anilines is 1. The lowest BCUT2D eigenvalue weighted by Gasteiger charge is -2.30. The lowest BCUT2D eigenvalue weighted by molar-refractivity contribution is -0.0592. The molecular formula is C32H32FN7O5. The van der Waals surface area contributed by atoms with E-state index in [1.807, 2.05) is 39.6 Å². The first-order valence-electron chi connectivity index (χ1n) is 14.8. The molecular weight excluding hydrogens is 581 g/mol. The minimum atomic E-state index is -1.03. The number of carbonyl (C=O) groups is 1. The van der Waals surface area contributed by atoms with Gasteiger partial charge in [-0.3, -0.25) is 5.01 Å². The number of fused-ring (bicyclic) bond motifs is 1. The average Bonchev–Trinajstić information content (AvgIpc) is 3.37. The molecule has 0 aliphatic carbocycles. The topological polar surface area (TPSA) is 138 Å². The molecule has 0 radical (unpaired) electrons. The molecule has 13 heteroatoms. The summed E-state index contributed by atoms with van der Waals surface area (Å²) in [7, 11) is 0. The minimum absolute atomic E-state index is 0.0259. The second-order valence-electron chi connectivity index (χ2n) is 10.8. The van der Waals surface area contributed by atoms with Gasteiger partial charge in [0.25, 0.3) is 0 Å². The number of ether oxygens (including phenoxy) is 3. The molecule has 0 amide bonds. The van der Waals surface area contributed by atoms with Gasteiger partial charge < -0.3 is 28.8 Å². The zero-order chi connectivity index (χ0) is 31.3. The Kier molecular flexibility index (Phi) is 8.74. The zero-order valence-corrected chi connectivity index (χ0v) is 24.7. The second-order valence-corrected chi connectivity index (χ2v) is 10.8. The third-order valence-electron chi connectivity index (χ3n) is 7.62. The van der Waals surface area contributed by atoms with Gasteiger partial charge in [-0.15, -0.1) is 0 Å². The number of hydrazone groups is 1. The van der Waals surface area contributed by atoms with Gasteiger partial charge in [0.15, 0.2) is 0 Å². The first-order chi connectivity index (χ1) is 21.9. The summed E-state index contributed by atoms with van der Waals surface area (Å²) in [5.41, 5.74) is 2.03. The molecule has 2 aliphatic rings. The van der Waals surface area contributed by atoms with Crippen LogP contribution in [0.5, 0.6) is 11.6 Å². The highest BCUT2D eigenvalue weighted by Gasteiger charge is 2.26. The molecule has 1 N–H and O–H groups in total. The quantitative estimate of drug-likeness (QED) is 0.242. The van der Waals surface area contributed by atoms with Crippen molar-refractivity contribution in [2.75, 3.05) is 31.2 Å². The molecule has 2 aliphatic heterocycles. The maximum atomic E-state index is 14.3. The summed E-state index contributed by atoms with van der Waals surface area (Å²) in [4.78, 5) is 23.3. The standard InChI is InChI=1S/C32H32FN7O5/c1-2-11-44-27-15-23(32(41)42)14-26-31(27)37-29(40(26)17-24-8-12-43-24)18-39-10-9-38(20-35-39)28-4-3-5-30(36-28)45-19-22-7-6-21(16-34)13-25(22)33/h3-7,13-15,20,24H,2,8-12,17-19H2,1H3,(H,41,42)/t24-/m0/s1. The van der Waals surface area contributed by atoms with Crippen molar-refractivity contribution in [3.05, 3.63) is 76.9 Å². The molecule has 0 spiro atoms. The van der Waals surface area contributed by atoms with E-state index in [9.17, 15) is 14.3 Å². The Labute approximate surface area is 258 Å². The summed E-state index contributed by atoms with van der Waals surface area (Å²) in [6.07, 6.45) is 3.42. The molecule has 1 saturated heterocycles. The van der Waals surface area contributed by atoms with Crippen molar-refractivity contribution in [1.82, 2.24) is 19.5 Å². The summed E-state index contributed by atoms with van der Waals surface area (Å²) < 4.78 is 33.7. The molecule has 0 unspecified atom stereocenters. The highest BCUT2D eigenvalue weighted by atomic mass is 19.1. The van der Waals surface area contributed by atoms with Crippen LogP contribution in [0, 0.1) is 17.1 Å².